The smallest absolute Gasteiger partial charge is 0.326 e. The average molecular weight is 471 g/mol. The topological polar surface area (TPSA) is 179 Å². The molecule has 11 nitrogen and oxygen atoms in total. The molecule has 1 heterocycles. The van der Waals surface area contributed by atoms with E-state index >= 15 is 0 Å². The molecule has 1 aromatic rings. The summed E-state index contributed by atoms with van der Waals surface area (Å²) in [4.78, 5) is 55.9. The zero-order valence-corrected chi connectivity index (χ0v) is 19.7. The lowest BCUT2D eigenvalue weighted by atomic mass is 9.99. The van der Waals surface area contributed by atoms with Crippen molar-refractivity contribution in [3.63, 3.8) is 0 Å². The van der Waals surface area contributed by atoms with Crippen molar-refractivity contribution in [2.75, 3.05) is 12.0 Å². The van der Waals surface area contributed by atoms with Crippen molar-refractivity contribution in [3.05, 3.63) is 18.2 Å². The Morgan fingerprint density at radius 1 is 1.16 bits per heavy atom. The first kappa shape index (κ1) is 27.4. The Morgan fingerprint density at radius 3 is 2.38 bits per heavy atom. The predicted octanol–water partition coefficient (Wildman–Crippen LogP) is -0.362. The summed E-state index contributed by atoms with van der Waals surface area (Å²) in [5, 5.41) is 17.0. The highest BCUT2D eigenvalue weighted by Crippen LogP contribution is 2.08. The van der Waals surface area contributed by atoms with Crippen LogP contribution in [0.1, 0.15) is 39.3 Å². The molecule has 12 heteroatoms. The molecule has 180 valence electrons. The van der Waals surface area contributed by atoms with Crippen LogP contribution in [0, 0.1) is 5.92 Å². The third-order valence-corrected chi connectivity index (χ3v) is 5.75. The maximum atomic E-state index is 12.8. The molecule has 0 fully saturated rings. The second-order valence-corrected chi connectivity index (χ2v) is 8.66. The SMILES string of the molecule is CCC(C)C(NC(=O)C(C)NC(=O)C(CCSC)NC(=O)C(N)Cc1cnc[nH]1)C(=O)O. The van der Waals surface area contributed by atoms with Gasteiger partial charge in [0, 0.05) is 18.3 Å². The number of nitrogens with one attached hydrogen (secondary N) is 4. The number of carbonyl (C=O) groups excluding carboxylic acids is 3. The van der Waals surface area contributed by atoms with Gasteiger partial charge in [0.1, 0.15) is 18.1 Å². The molecule has 1 rings (SSSR count). The minimum absolute atomic E-state index is 0.230. The number of hydrogen-bond donors (Lipinski definition) is 6. The number of aromatic amines is 1. The number of amides is 3. The van der Waals surface area contributed by atoms with E-state index in [4.69, 9.17) is 5.73 Å². The first-order valence-corrected chi connectivity index (χ1v) is 11.9. The number of nitrogens with zero attached hydrogens (tertiary/aromatic N) is 1. The summed E-state index contributed by atoms with van der Waals surface area (Å²) in [6, 6.07) is -3.81. The second kappa shape index (κ2) is 13.7. The molecule has 0 saturated heterocycles. The van der Waals surface area contributed by atoms with Gasteiger partial charge in [0.25, 0.3) is 0 Å². The Bertz CT molecular complexity index is 760. The molecule has 0 radical (unpaired) electrons. The molecule has 5 unspecified atom stereocenters. The summed E-state index contributed by atoms with van der Waals surface area (Å²) >= 11 is 1.51. The van der Waals surface area contributed by atoms with Crippen LogP contribution in [0.5, 0.6) is 0 Å². The van der Waals surface area contributed by atoms with Gasteiger partial charge >= 0.3 is 5.97 Å². The van der Waals surface area contributed by atoms with E-state index in [1.54, 1.807) is 13.1 Å². The van der Waals surface area contributed by atoms with Gasteiger partial charge in [0.2, 0.25) is 17.7 Å². The fraction of sp³-hybridized carbons (Fsp3) is 0.650. The van der Waals surface area contributed by atoms with Crippen molar-refractivity contribution < 1.29 is 24.3 Å². The Labute approximate surface area is 192 Å². The van der Waals surface area contributed by atoms with Crippen LogP contribution in [0.25, 0.3) is 0 Å². The number of carbonyl (C=O) groups is 4. The third kappa shape index (κ3) is 8.87. The number of thioether (sulfide) groups is 1. The van der Waals surface area contributed by atoms with Crippen LogP contribution in [-0.4, -0.2) is 74.9 Å². The number of imidazole rings is 1. The molecule has 0 aliphatic rings. The molecule has 3 amide bonds. The molecule has 5 atom stereocenters. The molecule has 7 N–H and O–H groups in total. The van der Waals surface area contributed by atoms with Crippen molar-refractivity contribution in [3.8, 4) is 0 Å². The van der Waals surface area contributed by atoms with Gasteiger partial charge < -0.3 is 31.8 Å². The van der Waals surface area contributed by atoms with E-state index in [2.05, 4.69) is 25.9 Å². The summed E-state index contributed by atoms with van der Waals surface area (Å²) in [5.74, 6) is -2.46. The highest BCUT2D eigenvalue weighted by atomic mass is 32.2. The summed E-state index contributed by atoms with van der Waals surface area (Å²) in [7, 11) is 0. The standard InChI is InChI=1S/C20H34N6O5S/c1-5-11(2)16(20(30)31)26-17(27)12(3)24-19(29)15(6-7-32-4)25-18(28)14(21)8-13-9-22-10-23-13/h9-12,14-16H,5-8,21H2,1-4H3,(H,22,23)(H,24,29)(H,25,28)(H,26,27)(H,30,31). The Balaban J connectivity index is 2.73. The molecule has 0 aliphatic carbocycles. The van der Waals surface area contributed by atoms with Crippen molar-refractivity contribution in [2.24, 2.45) is 11.7 Å². The van der Waals surface area contributed by atoms with Crippen LogP contribution in [0.2, 0.25) is 0 Å². The maximum Gasteiger partial charge on any atom is 0.326 e. The van der Waals surface area contributed by atoms with Crippen LogP contribution >= 0.6 is 11.8 Å². The van der Waals surface area contributed by atoms with Crippen LogP contribution in [0.4, 0.5) is 0 Å². The Hall–Kier alpha value is -2.60. The van der Waals surface area contributed by atoms with E-state index in [0.29, 0.717) is 24.3 Å². The normalized spacial score (nSPS) is 15.7. The number of aromatic nitrogens is 2. The first-order valence-electron chi connectivity index (χ1n) is 10.5. The van der Waals surface area contributed by atoms with Crippen LogP contribution in [0.3, 0.4) is 0 Å². The van der Waals surface area contributed by atoms with Gasteiger partial charge in [-0.2, -0.15) is 11.8 Å². The number of H-pyrrole nitrogens is 1. The summed E-state index contributed by atoms with van der Waals surface area (Å²) in [6.45, 7) is 5.01. The van der Waals surface area contributed by atoms with Crippen molar-refractivity contribution in [2.45, 2.75) is 64.2 Å². The van der Waals surface area contributed by atoms with Gasteiger partial charge in [-0.3, -0.25) is 14.4 Å². The monoisotopic (exact) mass is 470 g/mol. The average Bonchev–Trinajstić information content (AvgIpc) is 3.26. The van der Waals surface area contributed by atoms with Crippen LogP contribution in [-0.2, 0) is 25.6 Å². The molecule has 0 aliphatic heterocycles. The fourth-order valence-corrected chi connectivity index (χ4v) is 3.32. The minimum atomic E-state index is -1.14. The van der Waals surface area contributed by atoms with Gasteiger partial charge in [-0.1, -0.05) is 20.3 Å². The number of carboxylic acid groups (broad SMARTS) is 1. The van der Waals surface area contributed by atoms with Crippen molar-refractivity contribution in [1.29, 1.82) is 0 Å². The van der Waals surface area contributed by atoms with Gasteiger partial charge in [-0.15, -0.1) is 0 Å². The van der Waals surface area contributed by atoms with E-state index in [-0.39, 0.29) is 12.3 Å². The van der Waals surface area contributed by atoms with E-state index in [1.807, 2.05) is 13.2 Å². The molecule has 32 heavy (non-hydrogen) atoms. The summed E-state index contributed by atoms with van der Waals surface area (Å²) in [6.07, 6.45) is 6.06. The minimum Gasteiger partial charge on any atom is -0.480 e. The molecule has 1 aromatic heterocycles. The van der Waals surface area contributed by atoms with Gasteiger partial charge in [0.15, 0.2) is 0 Å². The lowest BCUT2D eigenvalue weighted by Crippen LogP contribution is -2.57. The van der Waals surface area contributed by atoms with Gasteiger partial charge in [-0.05, 0) is 31.3 Å². The molecule has 0 bridgehead atoms. The summed E-state index contributed by atoms with van der Waals surface area (Å²) < 4.78 is 0. The molecular formula is C20H34N6O5S. The number of nitrogens with two attached hydrogens (primary N) is 1. The summed E-state index contributed by atoms with van der Waals surface area (Å²) in [5.41, 5.74) is 6.64. The second-order valence-electron chi connectivity index (χ2n) is 7.67. The first-order chi connectivity index (χ1) is 15.1. The number of aliphatic carboxylic acids is 1. The van der Waals surface area contributed by atoms with Crippen LogP contribution in [0.15, 0.2) is 12.5 Å². The number of rotatable bonds is 14. The molecule has 0 saturated carbocycles. The number of carboxylic acids is 1. The molecule has 0 aromatic carbocycles. The lowest BCUT2D eigenvalue weighted by Gasteiger charge is -2.25. The highest BCUT2D eigenvalue weighted by molar-refractivity contribution is 7.98. The predicted molar refractivity (Wildman–Crippen MR) is 122 cm³/mol. The van der Waals surface area contributed by atoms with E-state index in [1.165, 1.54) is 25.0 Å². The van der Waals surface area contributed by atoms with Gasteiger partial charge in [-0.25, -0.2) is 9.78 Å². The largest absolute Gasteiger partial charge is 0.480 e. The van der Waals surface area contributed by atoms with E-state index in [0.717, 1.165) is 0 Å². The van der Waals surface area contributed by atoms with E-state index < -0.39 is 47.9 Å². The number of hydrogen-bond acceptors (Lipinski definition) is 7. The molecule has 0 spiro atoms. The zero-order chi connectivity index (χ0) is 24.3. The quantitative estimate of drug-likeness (QED) is 0.213. The lowest BCUT2D eigenvalue weighted by molar-refractivity contribution is -0.143. The third-order valence-electron chi connectivity index (χ3n) is 5.10. The van der Waals surface area contributed by atoms with Crippen molar-refractivity contribution in [1.82, 2.24) is 25.9 Å². The maximum absolute atomic E-state index is 12.8. The molecular weight excluding hydrogens is 436 g/mol. The zero-order valence-electron chi connectivity index (χ0n) is 18.9. The van der Waals surface area contributed by atoms with Crippen molar-refractivity contribution >= 4 is 35.5 Å². The highest BCUT2D eigenvalue weighted by Gasteiger charge is 2.30. The Morgan fingerprint density at radius 2 is 1.84 bits per heavy atom. The Kier molecular flexibility index (Phi) is 11.8. The van der Waals surface area contributed by atoms with E-state index in [9.17, 15) is 24.3 Å². The fourth-order valence-electron chi connectivity index (χ4n) is 2.85. The van der Waals surface area contributed by atoms with Gasteiger partial charge in [0.05, 0.1) is 12.4 Å². The van der Waals surface area contributed by atoms with Crippen LogP contribution < -0.4 is 21.7 Å².